The molecule has 2 rings (SSSR count). The van der Waals surface area contributed by atoms with Gasteiger partial charge in [0.25, 0.3) is 0 Å². The van der Waals surface area contributed by atoms with Crippen molar-refractivity contribution < 1.29 is 8.42 Å². The van der Waals surface area contributed by atoms with E-state index >= 15 is 0 Å². The molecule has 0 spiro atoms. The van der Waals surface area contributed by atoms with Gasteiger partial charge in [0.05, 0.1) is 12.4 Å². The van der Waals surface area contributed by atoms with Gasteiger partial charge in [0.1, 0.15) is 4.90 Å². The highest BCUT2D eigenvalue weighted by atomic mass is 32.2. The molecule has 1 aromatic heterocycles. The number of piperidine rings is 1. The summed E-state index contributed by atoms with van der Waals surface area (Å²) in [6.45, 7) is 6.13. The lowest BCUT2D eigenvalue weighted by Gasteiger charge is -2.31. The Morgan fingerprint density at radius 1 is 1.33 bits per heavy atom. The van der Waals surface area contributed by atoms with Crippen LogP contribution < -0.4 is 5.32 Å². The van der Waals surface area contributed by atoms with Gasteiger partial charge >= 0.3 is 0 Å². The van der Waals surface area contributed by atoms with Crippen LogP contribution in [0.3, 0.4) is 0 Å². The number of hydrogen-bond acceptors (Lipinski definition) is 5. The zero-order valence-electron chi connectivity index (χ0n) is 12.7. The van der Waals surface area contributed by atoms with Gasteiger partial charge in [0, 0.05) is 19.6 Å². The molecule has 1 aliphatic rings. The van der Waals surface area contributed by atoms with E-state index in [-0.39, 0.29) is 4.90 Å². The van der Waals surface area contributed by atoms with Gasteiger partial charge in [0.2, 0.25) is 16.0 Å². The highest BCUT2D eigenvalue weighted by molar-refractivity contribution is 7.89. The average Bonchev–Trinajstić information content (AvgIpc) is 2.53. The molecule has 1 saturated heterocycles. The first-order valence-corrected chi connectivity index (χ1v) is 9.08. The van der Waals surface area contributed by atoms with Crippen molar-refractivity contribution in [3.63, 3.8) is 0 Å². The molecular weight excluding hydrogens is 288 g/mol. The summed E-state index contributed by atoms with van der Waals surface area (Å²) in [6.07, 6.45) is 6.82. The molecule has 21 heavy (non-hydrogen) atoms. The molecule has 6 nitrogen and oxygen atoms in total. The number of aromatic nitrogens is 2. The Morgan fingerprint density at radius 3 is 2.67 bits per heavy atom. The van der Waals surface area contributed by atoms with Crippen molar-refractivity contribution >= 4 is 16.0 Å². The number of anilines is 1. The van der Waals surface area contributed by atoms with Crippen LogP contribution in [0.1, 0.15) is 39.5 Å². The van der Waals surface area contributed by atoms with Crippen molar-refractivity contribution in [1.82, 2.24) is 14.3 Å². The van der Waals surface area contributed by atoms with E-state index in [1.165, 1.54) is 12.4 Å². The molecule has 2 heterocycles. The largest absolute Gasteiger partial charge is 0.354 e. The fraction of sp³-hybridized carbons (Fsp3) is 0.714. The van der Waals surface area contributed by atoms with Gasteiger partial charge in [-0.25, -0.2) is 18.4 Å². The lowest BCUT2D eigenvalue weighted by molar-refractivity contribution is 0.261. The smallest absolute Gasteiger partial charge is 0.246 e. The van der Waals surface area contributed by atoms with Crippen LogP contribution in [-0.4, -0.2) is 42.3 Å². The summed E-state index contributed by atoms with van der Waals surface area (Å²) < 4.78 is 26.8. The van der Waals surface area contributed by atoms with Gasteiger partial charge in [0.15, 0.2) is 0 Å². The first-order chi connectivity index (χ1) is 10.1. The Balaban J connectivity index is 2.11. The van der Waals surface area contributed by atoms with Crippen molar-refractivity contribution in [2.24, 2.45) is 5.92 Å². The van der Waals surface area contributed by atoms with Crippen molar-refractivity contribution in [2.75, 3.05) is 25.0 Å². The van der Waals surface area contributed by atoms with Crippen molar-refractivity contribution in [1.29, 1.82) is 0 Å². The van der Waals surface area contributed by atoms with Gasteiger partial charge in [-0.1, -0.05) is 20.3 Å². The SMILES string of the molecule is CCCNc1ncc(S(=O)(=O)N2CCCC(CC)C2)cn1. The lowest BCUT2D eigenvalue weighted by atomic mass is 9.97. The molecule has 7 heteroatoms. The maximum absolute atomic E-state index is 12.6. The highest BCUT2D eigenvalue weighted by Crippen LogP contribution is 2.24. The van der Waals surface area contributed by atoms with Crippen LogP contribution in [0.5, 0.6) is 0 Å². The molecule has 118 valence electrons. The lowest BCUT2D eigenvalue weighted by Crippen LogP contribution is -2.39. The van der Waals surface area contributed by atoms with Crippen LogP contribution in [-0.2, 0) is 10.0 Å². The van der Waals surface area contributed by atoms with Gasteiger partial charge in [-0.05, 0) is 25.2 Å². The predicted molar refractivity (Wildman–Crippen MR) is 82.6 cm³/mol. The Hall–Kier alpha value is -1.21. The van der Waals surface area contributed by atoms with Crippen LogP contribution in [0.2, 0.25) is 0 Å². The fourth-order valence-electron chi connectivity index (χ4n) is 2.50. The standard InChI is InChI=1S/C14H24N4O2S/c1-3-7-15-14-16-9-13(10-17-14)21(19,20)18-8-5-6-12(4-2)11-18/h9-10,12H,3-8,11H2,1-2H3,(H,15,16,17). The van der Waals surface area contributed by atoms with Crippen LogP contribution in [0, 0.1) is 5.92 Å². The molecule has 1 aromatic rings. The molecule has 0 radical (unpaired) electrons. The summed E-state index contributed by atoms with van der Waals surface area (Å²) in [4.78, 5) is 8.36. The summed E-state index contributed by atoms with van der Waals surface area (Å²) in [6, 6.07) is 0. The average molecular weight is 312 g/mol. The molecule has 0 amide bonds. The minimum Gasteiger partial charge on any atom is -0.354 e. The highest BCUT2D eigenvalue weighted by Gasteiger charge is 2.30. The zero-order valence-corrected chi connectivity index (χ0v) is 13.6. The number of hydrogen-bond donors (Lipinski definition) is 1. The molecule has 0 aromatic carbocycles. The van der Waals surface area contributed by atoms with E-state index in [9.17, 15) is 8.42 Å². The maximum atomic E-state index is 12.6. The normalized spacial score (nSPS) is 20.4. The van der Waals surface area contributed by atoms with E-state index < -0.39 is 10.0 Å². The van der Waals surface area contributed by atoms with Gasteiger partial charge in [-0.2, -0.15) is 4.31 Å². The molecule has 1 unspecified atom stereocenters. The van der Waals surface area contributed by atoms with Crippen molar-refractivity contribution in [3.05, 3.63) is 12.4 Å². The minimum absolute atomic E-state index is 0.182. The minimum atomic E-state index is -3.46. The molecule has 0 aliphatic carbocycles. The summed E-state index contributed by atoms with van der Waals surface area (Å²) in [5.74, 6) is 0.931. The molecule has 1 fully saturated rings. The number of rotatable bonds is 6. The second-order valence-electron chi connectivity index (χ2n) is 5.45. The third kappa shape index (κ3) is 3.91. The third-order valence-corrected chi connectivity index (χ3v) is 5.68. The molecule has 0 saturated carbocycles. The van der Waals surface area contributed by atoms with Crippen molar-refractivity contribution in [2.45, 2.75) is 44.4 Å². The summed E-state index contributed by atoms with van der Waals surface area (Å²) in [7, 11) is -3.46. The number of nitrogens with one attached hydrogen (secondary N) is 1. The molecule has 1 atom stereocenters. The van der Waals surface area contributed by atoms with Crippen LogP contribution >= 0.6 is 0 Å². The van der Waals surface area contributed by atoms with Gasteiger partial charge in [-0.3, -0.25) is 0 Å². The van der Waals surface area contributed by atoms with Crippen LogP contribution in [0.15, 0.2) is 17.3 Å². The first kappa shape index (κ1) is 16.2. The summed E-state index contributed by atoms with van der Waals surface area (Å²) in [5.41, 5.74) is 0. The second kappa shape index (κ2) is 7.17. The predicted octanol–water partition coefficient (Wildman–Crippen LogP) is 2.11. The van der Waals surface area contributed by atoms with Crippen LogP contribution in [0.4, 0.5) is 5.95 Å². The maximum Gasteiger partial charge on any atom is 0.246 e. The van der Waals surface area contributed by atoms with E-state index in [0.29, 0.717) is 25.0 Å². The molecular formula is C14H24N4O2S. The van der Waals surface area contributed by atoms with Gasteiger partial charge < -0.3 is 5.32 Å². The second-order valence-corrected chi connectivity index (χ2v) is 7.39. The molecule has 0 bridgehead atoms. The Morgan fingerprint density at radius 2 is 2.05 bits per heavy atom. The number of nitrogens with zero attached hydrogens (tertiary/aromatic N) is 3. The van der Waals surface area contributed by atoms with E-state index in [4.69, 9.17) is 0 Å². The molecule has 1 aliphatic heterocycles. The Labute approximate surface area is 127 Å². The summed E-state index contributed by atoms with van der Waals surface area (Å²) >= 11 is 0. The Bertz CT molecular complexity index is 545. The fourth-order valence-corrected chi connectivity index (χ4v) is 3.95. The van der Waals surface area contributed by atoms with E-state index in [0.717, 1.165) is 32.2 Å². The summed E-state index contributed by atoms with van der Waals surface area (Å²) in [5, 5.41) is 3.04. The first-order valence-electron chi connectivity index (χ1n) is 7.64. The van der Waals surface area contributed by atoms with E-state index in [1.54, 1.807) is 4.31 Å². The quantitative estimate of drug-likeness (QED) is 0.870. The topological polar surface area (TPSA) is 75.2 Å². The van der Waals surface area contributed by atoms with Crippen molar-refractivity contribution in [3.8, 4) is 0 Å². The number of sulfonamides is 1. The zero-order chi connectivity index (χ0) is 15.3. The third-order valence-electron chi connectivity index (χ3n) is 3.86. The Kier molecular flexibility index (Phi) is 5.52. The monoisotopic (exact) mass is 312 g/mol. The molecule has 1 N–H and O–H groups in total. The van der Waals surface area contributed by atoms with Crippen LogP contribution in [0.25, 0.3) is 0 Å². The van der Waals surface area contributed by atoms with Gasteiger partial charge in [-0.15, -0.1) is 0 Å². The van der Waals surface area contributed by atoms with E-state index in [2.05, 4.69) is 22.2 Å². The van der Waals surface area contributed by atoms with E-state index in [1.807, 2.05) is 6.92 Å².